The lowest BCUT2D eigenvalue weighted by atomic mass is 9.95. The van der Waals surface area contributed by atoms with E-state index in [1.807, 2.05) is 7.05 Å². The smallest absolute Gasteiger partial charge is 0.122 e. The van der Waals surface area contributed by atoms with E-state index < -0.39 is 0 Å². The average Bonchev–Trinajstić information content (AvgIpc) is 2.48. The molecule has 1 aliphatic rings. The molecule has 0 fully saturated rings. The predicted octanol–water partition coefficient (Wildman–Crippen LogP) is 4.08. The topological polar surface area (TPSA) is 21.3 Å². The second-order valence-electron chi connectivity index (χ2n) is 5.10. The molecule has 2 aromatic rings. The van der Waals surface area contributed by atoms with E-state index in [-0.39, 0.29) is 6.04 Å². The Hall–Kier alpha value is -1.32. The summed E-state index contributed by atoms with van der Waals surface area (Å²) in [6.07, 6.45) is 2.22. The largest absolute Gasteiger partial charge is 0.493 e. The summed E-state index contributed by atoms with van der Waals surface area (Å²) < 4.78 is 6.80. The number of fused-ring (bicyclic) bond motifs is 1. The van der Waals surface area contributed by atoms with Crippen LogP contribution < -0.4 is 10.1 Å². The highest BCUT2D eigenvalue weighted by atomic mass is 79.9. The number of aryl methyl sites for hydroxylation is 1. The molecule has 1 N–H and O–H groups in total. The summed E-state index contributed by atoms with van der Waals surface area (Å²) in [5.41, 5.74) is 3.87. The molecule has 0 saturated carbocycles. The fourth-order valence-electron chi connectivity index (χ4n) is 2.77. The van der Waals surface area contributed by atoms with Gasteiger partial charge in [-0.3, -0.25) is 0 Å². The lowest BCUT2D eigenvalue weighted by molar-refractivity contribution is 0.288. The van der Waals surface area contributed by atoms with E-state index in [4.69, 9.17) is 4.74 Å². The van der Waals surface area contributed by atoms with Gasteiger partial charge in [0.05, 0.1) is 12.6 Å². The van der Waals surface area contributed by atoms with Crippen LogP contribution in [0.4, 0.5) is 0 Å². The Labute approximate surface area is 128 Å². The molecule has 0 bridgehead atoms. The summed E-state index contributed by atoms with van der Waals surface area (Å²) in [4.78, 5) is 0. The number of rotatable bonds is 3. The molecular weight excluding hydrogens is 314 g/mol. The maximum Gasteiger partial charge on any atom is 0.122 e. The molecule has 0 spiro atoms. The second-order valence-corrected chi connectivity index (χ2v) is 6.01. The number of hydrogen-bond donors (Lipinski definition) is 1. The van der Waals surface area contributed by atoms with Gasteiger partial charge in [0, 0.05) is 4.47 Å². The molecule has 2 nitrogen and oxygen atoms in total. The van der Waals surface area contributed by atoms with Gasteiger partial charge >= 0.3 is 0 Å². The van der Waals surface area contributed by atoms with Gasteiger partial charge in [0.1, 0.15) is 5.75 Å². The van der Waals surface area contributed by atoms with E-state index in [1.165, 1.54) is 16.7 Å². The van der Waals surface area contributed by atoms with Crippen LogP contribution in [0, 0.1) is 0 Å². The molecule has 1 heterocycles. The molecule has 2 aromatic carbocycles. The SMILES string of the molecule is CNC(c1cccc(Br)c1)c1ccc2c(c1)CCCO2. The maximum atomic E-state index is 5.69. The minimum atomic E-state index is 0.208. The molecule has 104 valence electrons. The quantitative estimate of drug-likeness (QED) is 0.914. The number of benzene rings is 2. The van der Waals surface area contributed by atoms with Gasteiger partial charge in [-0.15, -0.1) is 0 Å². The molecular formula is C17H18BrNO. The van der Waals surface area contributed by atoms with E-state index >= 15 is 0 Å². The highest BCUT2D eigenvalue weighted by Gasteiger charge is 2.16. The van der Waals surface area contributed by atoms with Crippen molar-refractivity contribution in [3.05, 3.63) is 63.6 Å². The minimum absolute atomic E-state index is 0.208. The number of hydrogen-bond acceptors (Lipinski definition) is 2. The summed E-state index contributed by atoms with van der Waals surface area (Å²) in [5.74, 6) is 1.05. The molecule has 1 aliphatic heterocycles. The first-order chi connectivity index (χ1) is 9.78. The zero-order chi connectivity index (χ0) is 13.9. The fourth-order valence-corrected chi connectivity index (χ4v) is 3.19. The molecule has 1 atom stereocenters. The molecule has 0 aliphatic carbocycles. The Bertz CT molecular complexity index is 612. The highest BCUT2D eigenvalue weighted by molar-refractivity contribution is 9.10. The molecule has 0 radical (unpaired) electrons. The van der Waals surface area contributed by atoms with Crippen LogP contribution in [0.3, 0.4) is 0 Å². The van der Waals surface area contributed by atoms with Gasteiger partial charge in [-0.1, -0.05) is 40.2 Å². The fraction of sp³-hybridized carbons (Fsp3) is 0.294. The third-order valence-corrected chi connectivity index (χ3v) is 4.23. The van der Waals surface area contributed by atoms with Crippen LogP contribution in [0.1, 0.15) is 29.2 Å². The first-order valence-corrected chi connectivity index (χ1v) is 7.75. The molecule has 0 aromatic heterocycles. The minimum Gasteiger partial charge on any atom is -0.493 e. The summed E-state index contributed by atoms with van der Waals surface area (Å²) >= 11 is 3.54. The summed E-state index contributed by atoms with van der Waals surface area (Å²) in [5, 5.41) is 3.41. The second kappa shape index (κ2) is 5.98. The predicted molar refractivity (Wildman–Crippen MR) is 85.3 cm³/mol. The maximum absolute atomic E-state index is 5.69. The standard InChI is InChI=1S/C17H18BrNO/c1-19-17(13-4-2-6-15(18)11-13)14-7-8-16-12(10-14)5-3-9-20-16/h2,4,6-8,10-11,17,19H,3,5,9H2,1H3. The third kappa shape index (κ3) is 2.74. The Morgan fingerprint density at radius 2 is 2.00 bits per heavy atom. The van der Waals surface area contributed by atoms with Crippen molar-refractivity contribution >= 4 is 15.9 Å². The molecule has 3 heteroatoms. The van der Waals surface area contributed by atoms with Crippen molar-refractivity contribution in [2.24, 2.45) is 0 Å². The van der Waals surface area contributed by atoms with Crippen LogP contribution in [0.25, 0.3) is 0 Å². The van der Waals surface area contributed by atoms with Gasteiger partial charge in [0.25, 0.3) is 0 Å². The lowest BCUT2D eigenvalue weighted by Gasteiger charge is -2.22. The van der Waals surface area contributed by atoms with Crippen LogP contribution in [-0.4, -0.2) is 13.7 Å². The monoisotopic (exact) mass is 331 g/mol. The van der Waals surface area contributed by atoms with E-state index in [2.05, 4.69) is 63.7 Å². The molecule has 20 heavy (non-hydrogen) atoms. The Kier molecular flexibility index (Phi) is 4.08. The van der Waals surface area contributed by atoms with E-state index in [0.29, 0.717) is 0 Å². The van der Waals surface area contributed by atoms with Gasteiger partial charge < -0.3 is 10.1 Å². The Morgan fingerprint density at radius 3 is 2.80 bits per heavy atom. The first kappa shape index (κ1) is 13.7. The summed E-state index contributed by atoms with van der Waals surface area (Å²) in [6, 6.07) is 15.2. The lowest BCUT2D eigenvalue weighted by Crippen LogP contribution is -2.18. The van der Waals surface area contributed by atoms with Crippen molar-refractivity contribution in [1.29, 1.82) is 0 Å². The van der Waals surface area contributed by atoms with E-state index in [1.54, 1.807) is 0 Å². The highest BCUT2D eigenvalue weighted by Crippen LogP contribution is 2.30. The Morgan fingerprint density at radius 1 is 1.15 bits per heavy atom. The van der Waals surface area contributed by atoms with Crippen LogP contribution in [0.2, 0.25) is 0 Å². The van der Waals surface area contributed by atoms with Gasteiger partial charge in [0.15, 0.2) is 0 Å². The molecule has 3 rings (SSSR count). The molecule has 1 unspecified atom stereocenters. The third-order valence-electron chi connectivity index (χ3n) is 3.74. The molecule has 0 saturated heterocycles. The van der Waals surface area contributed by atoms with Crippen molar-refractivity contribution in [3.63, 3.8) is 0 Å². The van der Waals surface area contributed by atoms with Gasteiger partial charge in [-0.05, 0) is 54.8 Å². The number of ether oxygens (including phenoxy) is 1. The summed E-state index contributed by atoms with van der Waals surface area (Å²) in [6.45, 7) is 0.841. The normalized spacial score (nSPS) is 15.3. The Balaban J connectivity index is 1.97. The van der Waals surface area contributed by atoms with Gasteiger partial charge in [-0.2, -0.15) is 0 Å². The van der Waals surface area contributed by atoms with Crippen molar-refractivity contribution in [1.82, 2.24) is 5.32 Å². The molecule has 0 amide bonds. The van der Waals surface area contributed by atoms with Crippen LogP contribution in [0.5, 0.6) is 5.75 Å². The summed E-state index contributed by atoms with van der Waals surface area (Å²) in [7, 11) is 2.00. The average molecular weight is 332 g/mol. The number of nitrogens with one attached hydrogen (secondary N) is 1. The van der Waals surface area contributed by atoms with E-state index in [9.17, 15) is 0 Å². The van der Waals surface area contributed by atoms with Crippen molar-refractivity contribution in [2.45, 2.75) is 18.9 Å². The van der Waals surface area contributed by atoms with Crippen molar-refractivity contribution in [2.75, 3.05) is 13.7 Å². The van der Waals surface area contributed by atoms with Gasteiger partial charge in [0.2, 0.25) is 0 Å². The zero-order valence-electron chi connectivity index (χ0n) is 11.5. The number of halogens is 1. The van der Waals surface area contributed by atoms with Gasteiger partial charge in [-0.25, -0.2) is 0 Å². The van der Waals surface area contributed by atoms with Crippen LogP contribution in [0.15, 0.2) is 46.9 Å². The van der Waals surface area contributed by atoms with Crippen molar-refractivity contribution in [3.8, 4) is 5.75 Å². The zero-order valence-corrected chi connectivity index (χ0v) is 13.1. The first-order valence-electron chi connectivity index (χ1n) is 6.96. The van der Waals surface area contributed by atoms with Crippen LogP contribution >= 0.6 is 15.9 Å². The van der Waals surface area contributed by atoms with Crippen LogP contribution in [-0.2, 0) is 6.42 Å². The van der Waals surface area contributed by atoms with E-state index in [0.717, 1.165) is 29.7 Å². The van der Waals surface area contributed by atoms with Crippen molar-refractivity contribution < 1.29 is 4.74 Å².